The van der Waals surface area contributed by atoms with Gasteiger partial charge in [-0.15, -0.1) is 5.10 Å². The van der Waals surface area contributed by atoms with Crippen molar-refractivity contribution in [2.24, 2.45) is 5.14 Å². The molecule has 7 heteroatoms. The Kier molecular flexibility index (Phi) is 6.73. The lowest BCUT2D eigenvalue weighted by Crippen LogP contribution is -2.16. The summed E-state index contributed by atoms with van der Waals surface area (Å²) in [5, 5.41) is 13.3. The lowest BCUT2D eigenvalue weighted by atomic mass is 10.1. The van der Waals surface area contributed by atoms with Crippen molar-refractivity contribution in [1.82, 2.24) is 15.0 Å². The molecule has 1 aromatic carbocycles. The monoisotopic (exact) mass is 336 g/mol. The van der Waals surface area contributed by atoms with Gasteiger partial charge >= 0.3 is 0 Å². The second-order valence-electron chi connectivity index (χ2n) is 5.74. The lowest BCUT2D eigenvalue weighted by Gasteiger charge is -2.01. The molecule has 6 nitrogen and oxygen atoms in total. The second-order valence-corrected chi connectivity index (χ2v) is 7.47. The third-order valence-electron chi connectivity index (χ3n) is 3.66. The normalized spacial score (nSPS) is 11.7. The molecular formula is C16H24N4O2S. The van der Waals surface area contributed by atoms with Crippen molar-refractivity contribution in [2.75, 3.05) is 5.75 Å². The van der Waals surface area contributed by atoms with Gasteiger partial charge in [-0.1, -0.05) is 48.4 Å². The molecule has 2 N–H and O–H groups in total. The quantitative estimate of drug-likeness (QED) is 0.671. The van der Waals surface area contributed by atoms with Gasteiger partial charge in [0.05, 0.1) is 11.4 Å². The number of sulfonamides is 1. The smallest absolute Gasteiger partial charge is 0.209 e. The van der Waals surface area contributed by atoms with Crippen molar-refractivity contribution in [3.05, 3.63) is 47.8 Å². The summed E-state index contributed by atoms with van der Waals surface area (Å²) in [6.45, 7) is 0.813. The molecule has 1 heterocycles. The zero-order valence-corrected chi connectivity index (χ0v) is 14.1. The van der Waals surface area contributed by atoms with Crippen LogP contribution in [0.1, 0.15) is 36.9 Å². The summed E-state index contributed by atoms with van der Waals surface area (Å²) in [4.78, 5) is 0. The molecule has 0 aliphatic heterocycles. The first-order valence-electron chi connectivity index (χ1n) is 7.96. The Balaban J connectivity index is 1.63. The summed E-state index contributed by atoms with van der Waals surface area (Å²) in [5.74, 6) is 0.0694. The average Bonchev–Trinajstić information content (AvgIpc) is 2.97. The highest BCUT2D eigenvalue weighted by Gasteiger charge is 2.03. The number of hydrogen-bond acceptors (Lipinski definition) is 4. The largest absolute Gasteiger partial charge is 0.252 e. The van der Waals surface area contributed by atoms with E-state index in [9.17, 15) is 8.42 Å². The fourth-order valence-corrected chi connectivity index (χ4v) is 3.02. The lowest BCUT2D eigenvalue weighted by molar-refractivity contribution is 0.526. The van der Waals surface area contributed by atoms with Crippen LogP contribution in [0.5, 0.6) is 0 Å². The highest BCUT2D eigenvalue weighted by atomic mass is 32.2. The van der Waals surface area contributed by atoms with Crippen LogP contribution < -0.4 is 5.14 Å². The molecule has 2 aromatic rings. The summed E-state index contributed by atoms with van der Waals surface area (Å²) >= 11 is 0. The van der Waals surface area contributed by atoms with Crippen LogP contribution in [-0.2, 0) is 29.4 Å². The van der Waals surface area contributed by atoms with Gasteiger partial charge in [0.15, 0.2) is 0 Å². The minimum atomic E-state index is -3.32. The van der Waals surface area contributed by atoms with Gasteiger partial charge < -0.3 is 0 Å². The molecule has 0 aliphatic carbocycles. The zero-order valence-electron chi connectivity index (χ0n) is 13.3. The maximum atomic E-state index is 10.8. The predicted octanol–water partition coefficient (Wildman–Crippen LogP) is 1.91. The minimum absolute atomic E-state index is 0.0694. The number of aromatic nitrogens is 3. The maximum absolute atomic E-state index is 10.8. The van der Waals surface area contributed by atoms with E-state index in [0.29, 0.717) is 6.42 Å². The van der Waals surface area contributed by atoms with Gasteiger partial charge in [-0.25, -0.2) is 13.6 Å². The number of nitrogens with two attached hydrogens (primary N) is 1. The van der Waals surface area contributed by atoms with Crippen LogP contribution in [0, 0.1) is 0 Å². The first-order chi connectivity index (χ1) is 11.0. The van der Waals surface area contributed by atoms with E-state index in [-0.39, 0.29) is 5.75 Å². The molecule has 0 aliphatic rings. The predicted molar refractivity (Wildman–Crippen MR) is 90.3 cm³/mol. The van der Waals surface area contributed by atoms with Crippen molar-refractivity contribution in [1.29, 1.82) is 0 Å². The average molecular weight is 336 g/mol. The maximum Gasteiger partial charge on any atom is 0.209 e. The summed E-state index contributed by atoms with van der Waals surface area (Å²) in [6.07, 6.45) is 7.27. The third-order valence-corrected chi connectivity index (χ3v) is 4.52. The van der Waals surface area contributed by atoms with Gasteiger partial charge in [0.1, 0.15) is 0 Å². The van der Waals surface area contributed by atoms with E-state index in [2.05, 4.69) is 22.4 Å². The molecule has 0 radical (unpaired) electrons. The van der Waals surface area contributed by atoms with Crippen molar-refractivity contribution in [2.45, 2.75) is 45.1 Å². The fraction of sp³-hybridized carbons (Fsp3) is 0.500. The molecule has 0 amide bonds. The van der Waals surface area contributed by atoms with E-state index in [0.717, 1.165) is 44.3 Å². The molecule has 23 heavy (non-hydrogen) atoms. The van der Waals surface area contributed by atoms with Crippen molar-refractivity contribution in [3.63, 3.8) is 0 Å². The summed E-state index contributed by atoms with van der Waals surface area (Å²) in [6, 6.07) is 10.3. The van der Waals surface area contributed by atoms with Crippen LogP contribution in [0.25, 0.3) is 0 Å². The molecule has 2 rings (SSSR count). The molecule has 0 saturated carbocycles. The van der Waals surface area contributed by atoms with Gasteiger partial charge in [-0.05, 0) is 31.2 Å². The Hall–Kier alpha value is -1.73. The first-order valence-corrected chi connectivity index (χ1v) is 9.68. The van der Waals surface area contributed by atoms with Gasteiger partial charge in [0.2, 0.25) is 10.0 Å². The molecule has 0 atom stereocenters. The Morgan fingerprint density at radius 3 is 2.48 bits per heavy atom. The van der Waals surface area contributed by atoms with E-state index < -0.39 is 10.0 Å². The van der Waals surface area contributed by atoms with E-state index in [1.807, 2.05) is 29.1 Å². The van der Waals surface area contributed by atoms with Crippen LogP contribution in [0.2, 0.25) is 0 Å². The van der Waals surface area contributed by atoms with Crippen molar-refractivity contribution < 1.29 is 8.42 Å². The molecule has 126 valence electrons. The number of benzene rings is 1. The van der Waals surface area contributed by atoms with Crippen LogP contribution in [-0.4, -0.2) is 29.2 Å². The van der Waals surface area contributed by atoms with Crippen molar-refractivity contribution in [3.8, 4) is 0 Å². The van der Waals surface area contributed by atoms with Gasteiger partial charge in [-0.2, -0.15) is 0 Å². The van der Waals surface area contributed by atoms with Gasteiger partial charge in [-0.3, -0.25) is 4.68 Å². The van der Waals surface area contributed by atoms with E-state index >= 15 is 0 Å². The van der Waals surface area contributed by atoms with E-state index in [1.165, 1.54) is 5.56 Å². The number of aryl methyl sites for hydroxylation is 3. The molecule has 0 unspecified atom stereocenters. The Bertz CT molecular complexity index is 683. The van der Waals surface area contributed by atoms with Gasteiger partial charge in [0.25, 0.3) is 0 Å². The second kappa shape index (κ2) is 8.79. The highest BCUT2D eigenvalue weighted by molar-refractivity contribution is 7.89. The van der Waals surface area contributed by atoms with E-state index in [1.54, 1.807) is 0 Å². The number of unbranched alkanes of at least 4 members (excludes halogenated alkanes) is 3. The molecular weight excluding hydrogens is 312 g/mol. The Labute approximate surface area is 137 Å². The van der Waals surface area contributed by atoms with Crippen LogP contribution in [0.3, 0.4) is 0 Å². The number of nitrogens with zero attached hydrogens (tertiary/aromatic N) is 3. The first kappa shape index (κ1) is 17.6. The molecule has 0 fully saturated rings. The van der Waals surface area contributed by atoms with Crippen molar-refractivity contribution >= 4 is 10.0 Å². The standard InChI is InChI=1S/C16H24N4O2S/c17-23(21,22)13-7-2-1-6-12-20-14-16(18-19-20)11-10-15-8-4-3-5-9-15/h3-5,8-9,14H,1-2,6-7,10-13H2,(H2,17,21,22). The summed E-state index contributed by atoms with van der Waals surface area (Å²) < 4.78 is 23.5. The topological polar surface area (TPSA) is 90.9 Å². The number of hydrogen-bond donors (Lipinski definition) is 1. The van der Waals surface area contributed by atoms with E-state index in [4.69, 9.17) is 5.14 Å². The van der Waals surface area contributed by atoms with Gasteiger partial charge in [0, 0.05) is 12.7 Å². The Morgan fingerprint density at radius 1 is 1.00 bits per heavy atom. The zero-order chi connectivity index (χ0) is 16.5. The molecule has 0 saturated heterocycles. The highest BCUT2D eigenvalue weighted by Crippen LogP contribution is 2.06. The van der Waals surface area contributed by atoms with Crippen LogP contribution >= 0.6 is 0 Å². The number of primary sulfonamides is 1. The molecule has 1 aromatic heterocycles. The Morgan fingerprint density at radius 2 is 1.74 bits per heavy atom. The summed E-state index contributed by atoms with van der Waals surface area (Å²) in [5.41, 5.74) is 2.31. The molecule has 0 spiro atoms. The fourth-order valence-electron chi connectivity index (χ4n) is 2.41. The third kappa shape index (κ3) is 7.38. The van der Waals surface area contributed by atoms with Crippen LogP contribution in [0.15, 0.2) is 36.5 Å². The molecule has 0 bridgehead atoms. The number of rotatable bonds is 10. The minimum Gasteiger partial charge on any atom is -0.252 e. The summed E-state index contributed by atoms with van der Waals surface area (Å²) in [7, 11) is -3.32. The van der Waals surface area contributed by atoms with Crippen LogP contribution in [0.4, 0.5) is 0 Å². The SMILES string of the molecule is NS(=O)(=O)CCCCCCn1cc(CCc2ccccc2)nn1.